The molecule has 0 amide bonds. The number of hydrogen-bond acceptors (Lipinski definition) is 2. The molecular weight excluding hydrogens is 227 g/mol. The van der Waals surface area contributed by atoms with E-state index in [0.717, 1.165) is 0 Å². The van der Waals surface area contributed by atoms with Crippen molar-refractivity contribution in [1.82, 2.24) is 9.97 Å². The summed E-state index contributed by atoms with van der Waals surface area (Å²) in [6.07, 6.45) is 0. The van der Waals surface area contributed by atoms with Gasteiger partial charge in [-0.3, -0.25) is 4.79 Å². The average Bonchev–Trinajstić information content (AvgIpc) is 2.22. The summed E-state index contributed by atoms with van der Waals surface area (Å²) in [5.41, 5.74) is -2.66. The summed E-state index contributed by atoms with van der Waals surface area (Å²) in [5, 5.41) is -1.01. The van der Waals surface area contributed by atoms with Crippen LogP contribution in [0.1, 0.15) is 0 Å². The number of aromatic nitrogens is 2. The van der Waals surface area contributed by atoms with Gasteiger partial charge in [-0.05, 0) is 0 Å². The molecule has 1 aromatic carbocycles. The van der Waals surface area contributed by atoms with Crippen LogP contribution in [-0.4, -0.2) is 17.8 Å². The maximum atomic E-state index is 13.1. The van der Waals surface area contributed by atoms with E-state index in [2.05, 4.69) is 4.98 Å². The number of aromatic amines is 1. The van der Waals surface area contributed by atoms with Crippen molar-refractivity contribution in [1.29, 1.82) is 0 Å². The van der Waals surface area contributed by atoms with Crippen molar-refractivity contribution in [3.05, 3.63) is 33.6 Å². The maximum Gasteiger partial charge on any atom is 0.261 e. The molecule has 0 atom stereocenters. The summed E-state index contributed by atoms with van der Waals surface area (Å²) in [5.74, 6) is -7.67. The average molecular weight is 228 g/mol. The number of benzene rings is 1. The summed E-state index contributed by atoms with van der Waals surface area (Å²) >= 11 is 0. The third kappa shape index (κ3) is 1.29. The van der Waals surface area contributed by atoms with Crippen LogP contribution in [-0.2, 0) is 0 Å². The van der Waals surface area contributed by atoms with Gasteiger partial charge < -0.3 is 4.98 Å². The van der Waals surface area contributed by atoms with E-state index in [9.17, 15) is 22.4 Å². The molecule has 2 rings (SSSR count). The van der Waals surface area contributed by atoms with Crippen molar-refractivity contribution in [2.75, 3.05) is 0 Å². The highest BCUT2D eigenvalue weighted by Gasteiger charge is 2.23. The highest BCUT2D eigenvalue weighted by atomic mass is 19.2. The van der Waals surface area contributed by atoms with Crippen molar-refractivity contribution >= 4 is 24.5 Å². The molecule has 0 aliphatic carbocycles. The van der Waals surface area contributed by atoms with Crippen molar-refractivity contribution in [3.63, 3.8) is 0 Å². The Morgan fingerprint density at radius 3 is 2.19 bits per heavy atom. The molecule has 0 spiro atoms. The zero-order valence-electron chi connectivity index (χ0n) is 7.44. The minimum absolute atomic E-state index is 0.526. The molecule has 2 aromatic rings. The lowest BCUT2D eigenvalue weighted by atomic mass is 10.1. The number of rotatable bonds is 0. The van der Waals surface area contributed by atoms with Gasteiger partial charge in [0.1, 0.15) is 10.9 Å². The first-order valence-electron chi connectivity index (χ1n) is 3.95. The molecule has 0 aliphatic heterocycles. The Balaban J connectivity index is 3.15. The fourth-order valence-electron chi connectivity index (χ4n) is 1.26. The van der Waals surface area contributed by atoms with Crippen LogP contribution in [0.25, 0.3) is 10.9 Å². The van der Waals surface area contributed by atoms with Gasteiger partial charge in [0.2, 0.25) is 0 Å². The topological polar surface area (TPSA) is 45.8 Å². The van der Waals surface area contributed by atoms with Crippen molar-refractivity contribution in [2.24, 2.45) is 0 Å². The number of H-pyrrole nitrogens is 1. The highest BCUT2D eigenvalue weighted by Crippen LogP contribution is 2.21. The zero-order chi connectivity index (χ0) is 12.0. The van der Waals surface area contributed by atoms with Crippen LogP contribution < -0.4 is 11.3 Å². The fourth-order valence-corrected chi connectivity index (χ4v) is 1.26. The molecule has 3 nitrogen and oxygen atoms in total. The first-order chi connectivity index (χ1) is 7.43. The molecule has 2 radical (unpaired) electrons. The minimum atomic E-state index is -2.07. The second-order valence-electron chi connectivity index (χ2n) is 2.93. The second kappa shape index (κ2) is 3.33. The van der Waals surface area contributed by atoms with Crippen LogP contribution in [0.2, 0.25) is 0 Å². The van der Waals surface area contributed by atoms with E-state index >= 15 is 0 Å². The van der Waals surface area contributed by atoms with Crippen LogP contribution in [0.15, 0.2) is 4.79 Å². The lowest BCUT2D eigenvalue weighted by Crippen LogP contribution is -2.25. The molecule has 80 valence electrons. The van der Waals surface area contributed by atoms with Crippen LogP contribution in [0.5, 0.6) is 0 Å². The van der Waals surface area contributed by atoms with Gasteiger partial charge in [-0.1, -0.05) is 0 Å². The van der Waals surface area contributed by atoms with E-state index in [1.165, 1.54) is 0 Å². The Morgan fingerprint density at radius 1 is 1.00 bits per heavy atom. The van der Waals surface area contributed by atoms with E-state index in [4.69, 9.17) is 7.85 Å². The quantitative estimate of drug-likeness (QED) is 0.304. The van der Waals surface area contributed by atoms with E-state index in [-0.39, 0.29) is 0 Å². The van der Waals surface area contributed by atoms with Crippen LogP contribution in [0.3, 0.4) is 0 Å². The summed E-state index contributed by atoms with van der Waals surface area (Å²) in [6, 6.07) is 0. The molecule has 1 heterocycles. The molecule has 0 aliphatic rings. The van der Waals surface area contributed by atoms with Crippen molar-refractivity contribution in [2.45, 2.75) is 0 Å². The van der Waals surface area contributed by atoms with Crippen LogP contribution in [0, 0.1) is 23.3 Å². The molecule has 0 saturated heterocycles. The van der Waals surface area contributed by atoms with Gasteiger partial charge in [0, 0.05) is 0 Å². The molecule has 0 saturated carbocycles. The Bertz CT molecular complexity index is 655. The molecular formula is C8HBF4N2O. The lowest BCUT2D eigenvalue weighted by molar-refractivity contribution is 0.417. The number of halogens is 4. The molecule has 8 heteroatoms. The van der Waals surface area contributed by atoms with Crippen molar-refractivity contribution < 1.29 is 17.6 Å². The first-order valence-corrected chi connectivity index (χ1v) is 3.95. The van der Waals surface area contributed by atoms with Gasteiger partial charge in [-0.15, -0.1) is 0 Å². The predicted octanol–water partition coefficient (Wildman–Crippen LogP) is 0.273. The number of hydrogen-bond donors (Lipinski definition) is 1. The molecule has 1 N–H and O–H groups in total. The Hall–Kier alpha value is -1.86. The van der Waals surface area contributed by atoms with Gasteiger partial charge in [0.05, 0.1) is 5.72 Å². The third-order valence-corrected chi connectivity index (χ3v) is 1.94. The number of nitrogens with zero attached hydrogens (tertiary/aromatic N) is 1. The van der Waals surface area contributed by atoms with E-state index in [1.54, 1.807) is 0 Å². The minimum Gasteiger partial charge on any atom is -0.319 e. The van der Waals surface area contributed by atoms with E-state index < -0.39 is 45.5 Å². The SMILES string of the molecule is [B]c1nc2c(F)c(F)c(F)c(F)c2c(=O)[nH]1. The van der Waals surface area contributed by atoms with Crippen LogP contribution >= 0.6 is 0 Å². The standard InChI is InChI=1S/C8HBF4N2O/c9-8-14-6-1(7(16)15-8)2(10)3(11)4(12)5(6)13/h(H,14,15,16). The van der Waals surface area contributed by atoms with Gasteiger partial charge in [-0.2, -0.15) is 0 Å². The Labute approximate surface area is 86.5 Å². The summed E-state index contributed by atoms with van der Waals surface area (Å²) in [7, 11) is 5.06. The van der Waals surface area contributed by atoms with Gasteiger partial charge in [0.15, 0.2) is 31.1 Å². The van der Waals surface area contributed by atoms with Gasteiger partial charge in [0.25, 0.3) is 5.56 Å². The van der Waals surface area contributed by atoms with E-state index in [0.29, 0.717) is 0 Å². The number of fused-ring (bicyclic) bond motifs is 1. The normalized spacial score (nSPS) is 11.0. The van der Waals surface area contributed by atoms with E-state index in [1.807, 2.05) is 4.98 Å². The zero-order valence-corrected chi connectivity index (χ0v) is 7.44. The Kier molecular flexibility index (Phi) is 2.21. The molecule has 0 fully saturated rings. The fraction of sp³-hybridized carbons (Fsp3) is 0. The Morgan fingerprint density at radius 2 is 1.56 bits per heavy atom. The largest absolute Gasteiger partial charge is 0.319 e. The molecule has 16 heavy (non-hydrogen) atoms. The monoisotopic (exact) mass is 228 g/mol. The summed E-state index contributed by atoms with van der Waals surface area (Å²) < 4.78 is 51.9. The smallest absolute Gasteiger partial charge is 0.261 e. The first kappa shape index (κ1) is 10.7. The number of nitrogens with one attached hydrogen (secondary N) is 1. The molecule has 0 bridgehead atoms. The van der Waals surface area contributed by atoms with Crippen molar-refractivity contribution in [3.8, 4) is 0 Å². The molecule has 0 unspecified atom stereocenters. The highest BCUT2D eigenvalue weighted by molar-refractivity contribution is 6.29. The van der Waals surface area contributed by atoms with Gasteiger partial charge >= 0.3 is 0 Å². The lowest BCUT2D eigenvalue weighted by Gasteiger charge is -2.03. The van der Waals surface area contributed by atoms with Crippen LogP contribution in [0.4, 0.5) is 17.6 Å². The van der Waals surface area contributed by atoms with Gasteiger partial charge in [-0.25, -0.2) is 22.5 Å². The summed E-state index contributed by atoms with van der Waals surface area (Å²) in [4.78, 5) is 16.2. The second-order valence-corrected chi connectivity index (χ2v) is 2.93. The third-order valence-electron chi connectivity index (χ3n) is 1.94. The maximum absolute atomic E-state index is 13.1. The summed E-state index contributed by atoms with van der Waals surface area (Å²) in [6.45, 7) is 0. The predicted molar refractivity (Wildman–Crippen MR) is 47.6 cm³/mol. The molecule has 1 aromatic heterocycles.